The zero-order chi connectivity index (χ0) is 8.67. The van der Waals surface area contributed by atoms with E-state index in [4.69, 9.17) is 0 Å². The fraction of sp³-hybridized carbons (Fsp3) is 0.300. The van der Waals surface area contributed by atoms with E-state index in [1.54, 1.807) is 11.3 Å². The predicted molar refractivity (Wildman–Crippen MR) is 61.1 cm³/mol. The van der Waals surface area contributed by atoms with Gasteiger partial charge in [-0.3, -0.25) is 0 Å². The first-order valence-electron chi connectivity index (χ1n) is 4.53. The van der Waals surface area contributed by atoms with Crippen LogP contribution in [0.25, 0.3) is 10.6 Å². The highest BCUT2D eigenvalue weighted by molar-refractivity contribution is 7.13. The average Bonchev–Trinajstić information content (AvgIpc) is 2.79. The molecule has 4 heteroatoms. The first-order valence-corrected chi connectivity index (χ1v) is 5.41. The van der Waals surface area contributed by atoms with Crippen LogP contribution in [0.4, 0.5) is 0 Å². The number of hydrogen-bond acceptors (Lipinski definition) is 2. The van der Waals surface area contributed by atoms with Crippen molar-refractivity contribution in [3.63, 3.8) is 0 Å². The second-order valence-electron chi connectivity index (χ2n) is 3.29. The molecule has 0 aromatic carbocycles. The van der Waals surface area contributed by atoms with E-state index in [1.165, 1.54) is 22.8 Å². The summed E-state index contributed by atoms with van der Waals surface area (Å²) < 4.78 is 2.34. The molecule has 1 aliphatic heterocycles. The molecule has 2 nitrogen and oxygen atoms in total. The highest BCUT2D eigenvalue weighted by atomic mass is 35.5. The molecule has 0 bridgehead atoms. The normalized spacial score (nSPS) is 13.7. The summed E-state index contributed by atoms with van der Waals surface area (Å²) in [5.74, 6) is 1.25. The highest BCUT2D eigenvalue weighted by Crippen LogP contribution is 2.28. The van der Waals surface area contributed by atoms with Gasteiger partial charge in [-0.2, -0.15) is 0 Å². The summed E-state index contributed by atoms with van der Waals surface area (Å²) in [6, 6.07) is 4.25. The van der Waals surface area contributed by atoms with Crippen molar-refractivity contribution in [1.82, 2.24) is 9.55 Å². The third kappa shape index (κ3) is 1.37. The largest absolute Gasteiger partial charge is 0.327 e. The number of halogens is 1. The molecule has 0 radical (unpaired) electrons. The number of hydrogen-bond donors (Lipinski definition) is 0. The lowest BCUT2D eigenvalue weighted by Crippen LogP contribution is -1.93. The minimum atomic E-state index is 0. The van der Waals surface area contributed by atoms with Crippen molar-refractivity contribution in [2.45, 2.75) is 19.4 Å². The topological polar surface area (TPSA) is 17.8 Å². The fourth-order valence-electron chi connectivity index (χ4n) is 1.88. The molecular formula is C10H11ClN2S. The van der Waals surface area contributed by atoms with Gasteiger partial charge < -0.3 is 4.57 Å². The zero-order valence-electron chi connectivity index (χ0n) is 7.64. The Morgan fingerprint density at radius 1 is 1.43 bits per heavy atom. The van der Waals surface area contributed by atoms with Gasteiger partial charge in [-0.15, -0.1) is 23.7 Å². The van der Waals surface area contributed by atoms with Gasteiger partial charge in [-0.1, -0.05) is 6.07 Å². The van der Waals surface area contributed by atoms with Crippen LogP contribution in [-0.2, 0) is 13.0 Å². The molecule has 2 aromatic rings. The van der Waals surface area contributed by atoms with E-state index in [0.717, 1.165) is 13.0 Å². The van der Waals surface area contributed by atoms with Crippen LogP contribution in [0.1, 0.15) is 12.2 Å². The van der Waals surface area contributed by atoms with E-state index in [0.29, 0.717) is 0 Å². The van der Waals surface area contributed by atoms with Gasteiger partial charge >= 0.3 is 0 Å². The maximum Gasteiger partial charge on any atom is 0.109 e. The first kappa shape index (κ1) is 9.74. The predicted octanol–water partition coefficient (Wildman–Crippen LogP) is 2.98. The Hall–Kier alpha value is -0.800. The standard InChI is InChI=1S/C10H10N2S.ClH/c1-4-10-11-7-8(12(10)5-1)9-3-2-6-13-9;/h2-3,6-7H,1,4-5H2;1H. The van der Waals surface area contributed by atoms with Crippen molar-refractivity contribution < 1.29 is 0 Å². The number of thiophene rings is 1. The second-order valence-corrected chi connectivity index (χ2v) is 4.24. The van der Waals surface area contributed by atoms with Crippen LogP contribution in [-0.4, -0.2) is 9.55 Å². The average molecular weight is 227 g/mol. The van der Waals surface area contributed by atoms with E-state index in [9.17, 15) is 0 Å². The Kier molecular flexibility index (Phi) is 2.61. The molecule has 3 rings (SSSR count). The minimum Gasteiger partial charge on any atom is -0.327 e. The molecule has 0 spiro atoms. The number of aryl methyl sites for hydroxylation is 1. The molecule has 14 heavy (non-hydrogen) atoms. The smallest absolute Gasteiger partial charge is 0.109 e. The molecule has 0 saturated heterocycles. The number of fused-ring (bicyclic) bond motifs is 1. The molecule has 0 aliphatic carbocycles. The van der Waals surface area contributed by atoms with Crippen LogP contribution < -0.4 is 0 Å². The minimum absolute atomic E-state index is 0. The quantitative estimate of drug-likeness (QED) is 0.731. The van der Waals surface area contributed by atoms with Gasteiger partial charge in [-0.05, 0) is 17.9 Å². The molecule has 0 amide bonds. The Labute approximate surface area is 93.0 Å². The van der Waals surface area contributed by atoms with E-state index in [1.807, 2.05) is 6.20 Å². The summed E-state index contributed by atoms with van der Waals surface area (Å²) in [6.45, 7) is 1.14. The lowest BCUT2D eigenvalue weighted by molar-refractivity contribution is 0.757. The Bertz CT molecular complexity index is 419. The zero-order valence-corrected chi connectivity index (χ0v) is 9.27. The summed E-state index contributed by atoms with van der Waals surface area (Å²) in [4.78, 5) is 5.76. The molecule has 74 valence electrons. The van der Waals surface area contributed by atoms with Crippen LogP contribution in [0.5, 0.6) is 0 Å². The van der Waals surface area contributed by atoms with Crippen LogP contribution in [0, 0.1) is 0 Å². The second kappa shape index (κ2) is 3.75. The van der Waals surface area contributed by atoms with Gasteiger partial charge in [0, 0.05) is 13.0 Å². The number of aromatic nitrogens is 2. The van der Waals surface area contributed by atoms with E-state index >= 15 is 0 Å². The number of nitrogens with zero attached hydrogens (tertiary/aromatic N) is 2. The van der Waals surface area contributed by atoms with Crippen LogP contribution in [0.2, 0.25) is 0 Å². The van der Waals surface area contributed by atoms with Gasteiger partial charge in [0.2, 0.25) is 0 Å². The van der Waals surface area contributed by atoms with E-state index < -0.39 is 0 Å². The molecular weight excluding hydrogens is 216 g/mol. The van der Waals surface area contributed by atoms with Crippen molar-refractivity contribution in [3.05, 3.63) is 29.5 Å². The van der Waals surface area contributed by atoms with Crippen molar-refractivity contribution >= 4 is 23.7 Å². The van der Waals surface area contributed by atoms with Gasteiger partial charge in [0.1, 0.15) is 5.82 Å². The molecule has 0 saturated carbocycles. The van der Waals surface area contributed by atoms with E-state index in [2.05, 4.69) is 27.1 Å². The summed E-state index contributed by atoms with van der Waals surface area (Å²) in [5, 5.41) is 2.12. The van der Waals surface area contributed by atoms with Crippen molar-refractivity contribution in [2.75, 3.05) is 0 Å². The van der Waals surface area contributed by atoms with Crippen molar-refractivity contribution in [3.8, 4) is 10.6 Å². The number of imidazole rings is 1. The van der Waals surface area contributed by atoms with Crippen LogP contribution in [0.15, 0.2) is 23.7 Å². The molecule has 3 heterocycles. The third-order valence-electron chi connectivity index (χ3n) is 2.49. The van der Waals surface area contributed by atoms with Gasteiger partial charge in [0.05, 0.1) is 16.8 Å². The Morgan fingerprint density at radius 3 is 3.14 bits per heavy atom. The van der Waals surface area contributed by atoms with Gasteiger partial charge in [0.25, 0.3) is 0 Å². The van der Waals surface area contributed by atoms with Crippen molar-refractivity contribution in [1.29, 1.82) is 0 Å². The lowest BCUT2D eigenvalue weighted by Gasteiger charge is -2.00. The SMILES string of the molecule is Cl.c1csc(-c2cnc3n2CCC3)c1. The van der Waals surface area contributed by atoms with Crippen LogP contribution >= 0.6 is 23.7 Å². The molecule has 0 N–H and O–H groups in total. The highest BCUT2D eigenvalue weighted by Gasteiger charge is 2.16. The molecule has 0 atom stereocenters. The Morgan fingerprint density at radius 2 is 2.36 bits per heavy atom. The molecule has 2 aromatic heterocycles. The lowest BCUT2D eigenvalue weighted by atomic mass is 10.3. The van der Waals surface area contributed by atoms with Gasteiger partial charge in [-0.25, -0.2) is 4.98 Å². The first-order chi connectivity index (χ1) is 6.45. The maximum atomic E-state index is 4.42. The Balaban J connectivity index is 0.000000750. The molecule has 0 unspecified atom stereocenters. The number of rotatable bonds is 1. The maximum absolute atomic E-state index is 4.42. The summed E-state index contributed by atoms with van der Waals surface area (Å²) >= 11 is 1.79. The third-order valence-corrected chi connectivity index (χ3v) is 3.39. The summed E-state index contributed by atoms with van der Waals surface area (Å²) in [5.41, 5.74) is 1.29. The molecule has 1 aliphatic rings. The van der Waals surface area contributed by atoms with Crippen molar-refractivity contribution in [2.24, 2.45) is 0 Å². The molecule has 0 fully saturated rings. The summed E-state index contributed by atoms with van der Waals surface area (Å²) in [7, 11) is 0. The van der Waals surface area contributed by atoms with Gasteiger partial charge in [0.15, 0.2) is 0 Å². The monoisotopic (exact) mass is 226 g/mol. The summed E-state index contributed by atoms with van der Waals surface area (Å²) in [6.07, 6.45) is 4.40. The van der Waals surface area contributed by atoms with E-state index in [-0.39, 0.29) is 12.4 Å². The fourth-order valence-corrected chi connectivity index (χ4v) is 2.62. The van der Waals surface area contributed by atoms with Crippen LogP contribution in [0.3, 0.4) is 0 Å².